The first-order valence-electron chi connectivity index (χ1n) is 9.45. The number of hydrogen-bond acceptors (Lipinski definition) is 5. The summed E-state index contributed by atoms with van der Waals surface area (Å²) >= 11 is 0. The van der Waals surface area contributed by atoms with E-state index in [0.29, 0.717) is 23.8 Å². The van der Waals surface area contributed by atoms with Crippen molar-refractivity contribution in [2.45, 2.75) is 29.3 Å². The molecule has 3 rings (SSSR count). The standard InChI is InChI=1S/C21H18F3N3O5S/c1-25-10-14-4-3-5-16(8-14)32-19-11-27(12-20(19,29)13-28)33(30,31)18-7-6-15(21(22,23)24)9-17(18)26-2/h3-9,19,28-29H,10-13H2/t19-,20+/m0/s1. The second-order valence-electron chi connectivity index (χ2n) is 7.42. The van der Waals surface area contributed by atoms with Crippen LogP contribution in [0.25, 0.3) is 9.69 Å². The Labute approximate surface area is 188 Å². The SMILES string of the molecule is [C-]#[N+]Cc1cccc(O[C@H]2CN(S(=O)(=O)c3ccc(C(F)(F)F)cc3[N+]#[C-])C[C@@]2(O)CO)c1. The lowest BCUT2D eigenvalue weighted by Crippen LogP contribution is -2.48. The molecule has 0 spiro atoms. The number of aliphatic hydroxyl groups excluding tert-OH is 1. The number of benzene rings is 2. The van der Waals surface area contributed by atoms with Crippen LogP contribution in [0.15, 0.2) is 47.4 Å². The van der Waals surface area contributed by atoms with Gasteiger partial charge in [0, 0.05) is 17.7 Å². The Morgan fingerprint density at radius 3 is 2.55 bits per heavy atom. The van der Waals surface area contributed by atoms with E-state index < -0.39 is 63.7 Å². The van der Waals surface area contributed by atoms with Crippen LogP contribution in [-0.2, 0) is 22.7 Å². The molecule has 0 radical (unpaired) electrons. The van der Waals surface area contributed by atoms with Gasteiger partial charge in [-0.1, -0.05) is 24.3 Å². The van der Waals surface area contributed by atoms with Crippen LogP contribution >= 0.6 is 0 Å². The van der Waals surface area contributed by atoms with E-state index in [0.717, 1.165) is 4.31 Å². The topological polar surface area (TPSA) is 95.8 Å². The Bertz CT molecular complexity index is 1240. The van der Waals surface area contributed by atoms with Gasteiger partial charge in [0.05, 0.1) is 24.6 Å². The monoisotopic (exact) mass is 481 g/mol. The van der Waals surface area contributed by atoms with Crippen molar-refractivity contribution in [3.63, 3.8) is 0 Å². The summed E-state index contributed by atoms with van der Waals surface area (Å²) in [5, 5.41) is 20.5. The van der Waals surface area contributed by atoms with E-state index in [-0.39, 0.29) is 12.3 Å². The predicted octanol–water partition coefficient (Wildman–Crippen LogP) is 2.85. The molecule has 1 fully saturated rings. The van der Waals surface area contributed by atoms with E-state index in [9.17, 15) is 31.8 Å². The van der Waals surface area contributed by atoms with Gasteiger partial charge < -0.3 is 19.8 Å². The Kier molecular flexibility index (Phi) is 6.68. The lowest BCUT2D eigenvalue weighted by molar-refractivity contribution is -0.137. The van der Waals surface area contributed by atoms with Gasteiger partial charge in [-0.05, 0) is 18.2 Å². The maximum absolute atomic E-state index is 13.1. The van der Waals surface area contributed by atoms with Crippen LogP contribution in [0.1, 0.15) is 11.1 Å². The molecule has 1 saturated heterocycles. The maximum atomic E-state index is 13.1. The van der Waals surface area contributed by atoms with Gasteiger partial charge in [-0.15, -0.1) is 0 Å². The Morgan fingerprint density at radius 2 is 1.94 bits per heavy atom. The summed E-state index contributed by atoms with van der Waals surface area (Å²) in [6.45, 7) is 12.3. The number of β-amino-alcohol motifs (C(OH)–C–C–N with tert-alkyl or cyclic N) is 1. The number of rotatable bonds is 6. The van der Waals surface area contributed by atoms with Gasteiger partial charge in [0.2, 0.25) is 22.3 Å². The molecule has 2 aromatic carbocycles. The van der Waals surface area contributed by atoms with Crippen LogP contribution < -0.4 is 4.74 Å². The summed E-state index contributed by atoms with van der Waals surface area (Å²) in [6, 6.07) is 8.09. The fourth-order valence-electron chi connectivity index (χ4n) is 3.42. The molecule has 174 valence electrons. The van der Waals surface area contributed by atoms with Gasteiger partial charge in [-0.2, -0.15) is 17.5 Å². The Morgan fingerprint density at radius 1 is 1.21 bits per heavy atom. The molecule has 0 bridgehead atoms. The summed E-state index contributed by atoms with van der Waals surface area (Å²) in [5.41, 5.74) is -3.26. The van der Waals surface area contributed by atoms with Crippen LogP contribution in [0.5, 0.6) is 5.75 Å². The number of hydrogen-bond donors (Lipinski definition) is 2. The highest BCUT2D eigenvalue weighted by Crippen LogP contribution is 2.38. The minimum atomic E-state index is -4.76. The molecule has 12 heteroatoms. The van der Waals surface area contributed by atoms with E-state index >= 15 is 0 Å². The molecule has 2 atom stereocenters. The number of alkyl halides is 3. The number of ether oxygens (including phenoxy) is 1. The van der Waals surface area contributed by atoms with Crippen molar-refractivity contribution in [2.24, 2.45) is 0 Å². The third kappa shape index (κ3) is 4.94. The molecule has 1 aliphatic heterocycles. The number of sulfonamides is 1. The van der Waals surface area contributed by atoms with Gasteiger partial charge in [-0.3, -0.25) is 0 Å². The number of nitrogens with zero attached hydrogens (tertiary/aromatic N) is 3. The normalized spacial score (nSPS) is 21.4. The lowest BCUT2D eigenvalue weighted by atomic mass is 10.0. The van der Waals surface area contributed by atoms with Crippen molar-refractivity contribution in [2.75, 3.05) is 19.7 Å². The van der Waals surface area contributed by atoms with E-state index in [1.54, 1.807) is 18.2 Å². The van der Waals surface area contributed by atoms with Crippen molar-refractivity contribution in [1.29, 1.82) is 0 Å². The highest BCUT2D eigenvalue weighted by Gasteiger charge is 2.51. The highest BCUT2D eigenvalue weighted by molar-refractivity contribution is 7.89. The second-order valence-corrected chi connectivity index (χ2v) is 9.33. The predicted molar refractivity (Wildman–Crippen MR) is 110 cm³/mol. The molecule has 0 aliphatic carbocycles. The van der Waals surface area contributed by atoms with Gasteiger partial charge in [0.25, 0.3) is 0 Å². The molecule has 0 unspecified atom stereocenters. The number of halogens is 3. The van der Waals surface area contributed by atoms with Gasteiger partial charge >= 0.3 is 6.18 Å². The summed E-state index contributed by atoms with van der Waals surface area (Å²) in [6.07, 6.45) is -5.97. The van der Waals surface area contributed by atoms with E-state index in [2.05, 4.69) is 9.69 Å². The fraction of sp³-hybridized carbons (Fsp3) is 0.333. The van der Waals surface area contributed by atoms with Crippen molar-refractivity contribution in [3.8, 4) is 5.75 Å². The summed E-state index contributed by atoms with van der Waals surface area (Å²) < 4.78 is 71.6. The van der Waals surface area contributed by atoms with Gasteiger partial charge in [0.15, 0.2) is 0 Å². The first kappa shape index (κ1) is 24.5. The smallest absolute Gasteiger partial charge is 0.415 e. The first-order chi connectivity index (χ1) is 15.4. The van der Waals surface area contributed by atoms with Crippen molar-refractivity contribution < 1.29 is 36.5 Å². The molecule has 1 heterocycles. The third-order valence-corrected chi connectivity index (χ3v) is 7.01. The van der Waals surface area contributed by atoms with E-state index in [1.165, 1.54) is 6.07 Å². The molecule has 8 nitrogen and oxygen atoms in total. The first-order valence-corrected chi connectivity index (χ1v) is 10.9. The van der Waals surface area contributed by atoms with Crippen molar-refractivity contribution in [3.05, 3.63) is 76.4 Å². The van der Waals surface area contributed by atoms with Gasteiger partial charge in [-0.25, -0.2) is 19.8 Å². The molecule has 0 aromatic heterocycles. The quantitative estimate of drug-likeness (QED) is 0.619. The van der Waals surface area contributed by atoms with Crippen LogP contribution in [0.2, 0.25) is 0 Å². The minimum absolute atomic E-state index is 0.0833. The molecule has 2 N–H and O–H groups in total. The average molecular weight is 481 g/mol. The van der Waals surface area contributed by atoms with Crippen LogP contribution in [-0.4, -0.2) is 54.3 Å². The Hall–Kier alpha value is -3.16. The zero-order valence-electron chi connectivity index (χ0n) is 17.0. The van der Waals surface area contributed by atoms with Gasteiger partial charge in [0.1, 0.15) is 17.5 Å². The Balaban J connectivity index is 1.92. The van der Waals surface area contributed by atoms with Crippen molar-refractivity contribution in [1.82, 2.24) is 4.31 Å². The summed E-state index contributed by atoms with van der Waals surface area (Å²) in [4.78, 5) is 5.54. The fourth-order valence-corrected chi connectivity index (χ4v) is 5.03. The molecule has 2 aromatic rings. The minimum Gasteiger partial charge on any atom is -0.486 e. The highest BCUT2D eigenvalue weighted by atomic mass is 32.2. The lowest BCUT2D eigenvalue weighted by Gasteiger charge is -2.27. The summed E-state index contributed by atoms with van der Waals surface area (Å²) in [7, 11) is -4.51. The zero-order valence-corrected chi connectivity index (χ0v) is 17.8. The molecule has 33 heavy (non-hydrogen) atoms. The molecule has 0 saturated carbocycles. The maximum Gasteiger partial charge on any atom is 0.415 e. The number of aliphatic hydroxyl groups is 2. The van der Waals surface area contributed by atoms with Crippen molar-refractivity contribution >= 4 is 15.7 Å². The molecule has 1 aliphatic rings. The zero-order chi connectivity index (χ0) is 24.4. The third-order valence-electron chi connectivity index (χ3n) is 5.16. The van der Waals surface area contributed by atoms with Crippen LogP contribution in [0.4, 0.5) is 18.9 Å². The molecular weight excluding hydrogens is 463 g/mol. The van der Waals surface area contributed by atoms with E-state index in [1.807, 2.05) is 0 Å². The van der Waals surface area contributed by atoms with Crippen LogP contribution in [0, 0.1) is 13.1 Å². The second kappa shape index (κ2) is 9.00. The molecule has 0 amide bonds. The van der Waals surface area contributed by atoms with E-state index in [4.69, 9.17) is 17.9 Å². The molecular formula is C21H18F3N3O5S. The van der Waals surface area contributed by atoms with Crippen LogP contribution in [0.3, 0.4) is 0 Å². The largest absolute Gasteiger partial charge is 0.486 e. The summed E-state index contributed by atoms with van der Waals surface area (Å²) in [5.74, 6) is 0.239. The average Bonchev–Trinajstić information content (AvgIpc) is 3.10.